The van der Waals surface area contributed by atoms with Crippen molar-refractivity contribution in [3.63, 3.8) is 0 Å². The molecule has 1 aromatic heterocycles. The molecular weight excluding hydrogens is 643 g/mol. The number of aliphatic carboxylic acids is 1. The zero-order valence-corrected chi connectivity index (χ0v) is 32.1. The molecule has 1 heterocycles. The fourth-order valence-corrected chi connectivity index (χ4v) is 8.09. The number of amides is 2. The summed E-state index contributed by atoms with van der Waals surface area (Å²) in [4.78, 5) is 40.9. The van der Waals surface area contributed by atoms with E-state index in [1.165, 1.54) is 60.9 Å². The number of carboxylic acids is 1. The number of carboxylic acid groups (broad SMARTS) is 1. The van der Waals surface area contributed by atoms with E-state index in [0.29, 0.717) is 18.9 Å². The maximum Gasteiger partial charge on any atom is 0.312 e. The highest BCUT2D eigenvalue weighted by Crippen LogP contribution is 2.32. The molecule has 0 saturated heterocycles. The van der Waals surface area contributed by atoms with E-state index >= 15 is 0 Å². The van der Waals surface area contributed by atoms with Crippen LogP contribution in [0.4, 0.5) is 0 Å². The number of carbonyl (C=O) groups is 3. The number of hydrogen-bond acceptors (Lipinski definition) is 5. The van der Waals surface area contributed by atoms with Crippen LogP contribution in [0.15, 0.2) is 35.7 Å². The molecule has 0 fully saturated rings. The van der Waals surface area contributed by atoms with Gasteiger partial charge in [-0.2, -0.15) is 0 Å². The zero-order chi connectivity index (χ0) is 35.8. The van der Waals surface area contributed by atoms with Gasteiger partial charge >= 0.3 is 5.97 Å². The van der Waals surface area contributed by atoms with Crippen molar-refractivity contribution in [1.29, 1.82) is 0 Å². The van der Waals surface area contributed by atoms with Crippen molar-refractivity contribution in [2.45, 2.75) is 161 Å². The van der Waals surface area contributed by atoms with Gasteiger partial charge in [-0.05, 0) is 86.0 Å². The fraction of sp³-hybridized carbons (Fsp3) is 0.690. The van der Waals surface area contributed by atoms with Crippen LogP contribution in [0.25, 0.3) is 0 Å². The quantitative estimate of drug-likeness (QED) is 0.0766. The smallest absolute Gasteiger partial charge is 0.312 e. The van der Waals surface area contributed by atoms with Gasteiger partial charge in [-0.15, -0.1) is 11.3 Å². The van der Waals surface area contributed by atoms with Gasteiger partial charge < -0.3 is 15.7 Å². The number of unbranched alkanes of at least 4 members (excludes halogenated alkanes) is 12. The summed E-state index contributed by atoms with van der Waals surface area (Å²) in [6.07, 6.45) is 22.3. The minimum Gasteiger partial charge on any atom is -0.481 e. The summed E-state index contributed by atoms with van der Waals surface area (Å²) in [5.74, 6) is -1.43. The molecule has 0 aliphatic heterocycles. The van der Waals surface area contributed by atoms with Crippen LogP contribution in [0, 0.1) is 0 Å². The van der Waals surface area contributed by atoms with E-state index < -0.39 is 11.9 Å². The Hall–Kier alpha value is -2.71. The highest BCUT2D eigenvalue weighted by atomic mass is 32.1. The van der Waals surface area contributed by atoms with Gasteiger partial charge in [0.1, 0.15) is 0 Å². The van der Waals surface area contributed by atoms with E-state index in [9.17, 15) is 19.5 Å². The van der Waals surface area contributed by atoms with Gasteiger partial charge in [0, 0.05) is 43.4 Å². The minimum atomic E-state index is -0.869. The molecule has 2 atom stereocenters. The number of nitrogens with zero attached hydrogens (tertiary/aromatic N) is 1. The van der Waals surface area contributed by atoms with Gasteiger partial charge in [0.2, 0.25) is 11.8 Å². The second kappa shape index (κ2) is 25.3. The van der Waals surface area contributed by atoms with Crippen LogP contribution in [0.5, 0.6) is 0 Å². The largest absolute Gasteiger partial charge is 0.481 e. The lowest BCUT2D eigenvalue weighted by molar-refractivity contribution is -0.138. The van der Waals surface area contributed by atoms with E-state index in [1.54, 1.807) is 0 Å². The molecule has 1 aliphatic rings. The van der Waals surface area contributed by atoms with Gasteiger partial charge in [-0.3, -0.25) is 19.3 Å². The van der Waals surface area contributed by atoms with Crippen molar-refractivity contribution in [2.24, 2.45) is 0 Å². The molecule has 3 N–H and O–H groups in total. The van der Waals surface area contributed by atoms with Crippen molar-refractivity contribution in [3.8, 4) is 0 Å². The summed E-state index contributed by atoms with van der Waals surface area (Å²) >= 11 is 1.83. The highest BCUT2D eigenvalue weighted by Gasteiger charge is 2.29. The molecular formula is C42H67N3O4S. The number of fused-ring (bicyclic) bond motifs is 1. The molecule has 0 spiro atoms. The molecule has 50 heavy (non-hydrogen) atoms. The second-order valence-corrected chi connectivity index (χ2v) is 15.4. The Labute approximate surface area is 307 Å². The number of benzene rings is 1. The van der Waals surface area contributed by atoms with Crippen molar-refractivity contribution >= 4 is 29.1 Å². The molecule has 8 heteroatoms. The summed E-state index contributed by atoms with van der Waals surface area (Å²) in [5, 5.41) is 18.3. The molecule has 1 aromatic carbocycles. The van der Waals surface area contributed by atoms with Gasteiger partial charge in [0.05, 0.1) is 5.92 Å². The average molecular weight is 710 g/mol. The first kappa shape index (κ1) is 41.7. The molecule has 1 aliphatic carbocycles. The molecule has 0 saturated carbocycles. The molecule has 3 rings (SSSR count). The molecule has 0 bridgehead atoms. The van der Waals surface area contributed by atoms with Crippen LogP contribution < -0.4 is 10.6 Å². The Morgan fingerprint density at radius 2 is 1.44 bits per heavy atom. The van der Waals surface area contributed by atoms with E-state index in [4.69, 9.17) is 0 Å². The molecule has 2 unspecified atom stereocenters. The monoisotopic (exact) mass is 709 g/mol. The number of hydrogen-bond donors (Lipinski definition) is 3. The first-order chi connectivity index (χ1) is 24.4. The van der Waals surface area contributed by atoms with Crippen LogP contribution in [-0.4, -0.2) is 60.0 Å². The molecule has 2 amide bonds. The number of rotatable bonds is 28. The van der Waals surface area contributed by atoms with E-state index in [0.717, 1.165) is 102 Å². The van der Waals surface area contributed by atoms with Crippen LogP contribution in [0.3, 0.4) is 0 Å². The fourth-order valence-electron chi connectivity index (χ4n) is 7.39. The first-order valence-electron chi connectivity index (χ1n) is 20.1. The van der Waals surface area contributed by atoms with Gasteiger partial charge in [0.15, 0.2) is 0 Å². The van der Waals surface area contributed by atoms with Gasteiger partial charge in [-0.1, -0.05) is 109 Å². The third-order valence-corrected chi connectivity index (χ3v) is 11.3. The van der Waals surface area contributed by atoms with E-state index in [2.05, 4.69) is 53.0 Å². The predicted octanol–water partition coefficient (Wildman–Crippen LogP) is 9.22. The maximum atomic E-state index is 12.7. The number of nitrogens with one attached hydrogen (secondary N) is 2. The van der Waals surface area contributed by atoms with Crippen molar-refractivity contribution < 1.29 is 19.5 Å². The Kier molecular flexibility index (Phi) is 21.1. The predicted molar refractivity (Wildman–Crippen MR) is 208 cm³/mol. The maximum absolute atomic E-state index is 12.7. The van der Waals surface area contributed by atoms with E-state index in [1.807, 2.05) is 23.5 Å². The highest BCUT2D eigenvalue weighted by molar-refractivity contribution is 7.09. The van der Waals surface area contributed by atoms with Crippen LogP contribution >= 0.6 is 11.3 Å². The molecule has 0 radical (unpaired) electrons. The SMILES string of the molecule is CCCCNC(=O)CCCCCCCCCCCCCCC(=O)NCC(C(=O)O)c1cccc2c1CCC(N(CCC)CCc1cccs1)C2. The summed E-state index contributed by atoms with van der Waals surface area (Å²) < 4.78 is 0. The number of thiophene rings is 1. The third-order valence-electron chi connectivity index (χ3n) is 10.3. The van der Waals surface area contributed by atoms with E-state index in [-0.39, 0.29) is 18.4 Å². The third kappa shape index (κ3) is 16.1. The summed E-state index contributed by atoms with van der Waals surface area (Å²) in [5.41, 5.74) is 3.32. The van der Waals surface area contributed by atoms with Gasteiger partial charge in [0.25, 0.3) is 0 Å². The Morgan fingerprint density at radius 1 is 0.800 bits per heavy atom. The van der Waals surface area contributed by atoms with Crippen molar-refractivity contribution in [3.05, 3.63) is 57.3 Å². The average Bonchev–Trinajstić information content (AvgIpc) is 3.64. The number of carbonyl (C=O) groups excluding carboxylic acids is 2. The first-order valence-corrected chi connectivity index (χ1v) is 20.9. The Bertz CT molecular complexity index is 1230. The standard InChI is InChI=1S/C42H67N3O4S/c1-3-5-28-43-40(46)23-16-14-12-10-8-6-7-9-11-13-15-17-24-41(47)44-33-39(42(48)49)38-22-18-20-34-32-35(25-26-37(34)38)45(29-4-2)30-27-36-21-19-31-50-36/h18-22,31,35,39H,3-17,23-30,32-33H2,1-2H3,(H,43,46)(H,44,47)(H,48,49). The van der Waals surface area contributed by atoms with Crippen LogP contribution in [-0.2, 0) is 33.6 Å². The summed E-state index contributed by atoms with van der Waals surface area (Å²) in [6, 6.07) is 11.0. The van der Waals surface area contributed by atoms with Crippen LogP contribution in [0.2, 0.25) is 0 Å². The van der Waals surface area contributed by atoms with Crippen molar-refractivity contribution in [1.82, 2.24) is 15.5 Å². The summed E-state index contributed by atoms with van der Waals surface area (Å²) in [7, 11) is 0. The molecule has 7 nitrogen and oxygen atoms in total. The lowest BCUT2D eigenvalue weighted by atomic mass is 9.81. The normalized spacial score (nSPS) is 14.7. The minimum absolute atomic E-state index is 0.0424. The molecule has 2 aromatic rings. The molecule has 280 valence electrons. The zero-order valence-electron chi connectivity index (χ0n) is 31.3. The topological polar surface area (TPSA) is 98.7 Å². The Balaban J connectivity index is 1.27. The van der Waals surface area contributed by atoms with Crippen molar-refractivity contribution in [2.75, 3.05) is 26.2 Å². The lowest BCUT2D eigenvalue weighted by Gasteiger charge is -2.36. The van der Waals surface area contributed by atoms with Crippen LogP contribution in [0.1, 0.15) is 157 Å². The van der Waals surface area contributed by atoms with Gasteiger partial charge in [-0.25, -0.2) is 0 Å². The lowest BCUT2D eigenvalue weighted by Crippen LogP contribution is -2.41. The summed E-state index contributed by atoms with van der Waals surface area (Å²) in [6.45, 7) is 7.48. The second-order valence-electron chi connectivity index (χ2n) is 14.4. The Morgan fingerprint density at radius 3 is 2.02 bits per heavy atom.